The van der Waals surface area contributed by atoms with E-state index in [1.165, 1.54) is 19.4 Å². The highest BCUT2D eigenvalue weighted by atomic mass is 16.6. The molecule has 0 fully saturated rings. The van der Waals surface area contributed by atoms with Crippen LogP contribution in [0.25, 0.3) is 6.08 Å². The van der Waals surface area contributed by atoms with Crippen LogP contribution in [0.1, 0.15) is 27.0 Å². The van der Waals surface area contributed by atoms with E-state index in [0.717, 1.165) is 11.1 Å². The van der Waals surface area contributed by atoms with Gasteiger partial charge in [-0.3, -0.25) is 4.79 Å². The number of hydrogen-bond donors (Lipinski definition) is 1. The van der Waals surface area contributed by atoms with E-state index in [1.807, 2.05) is 60.7 Å². The fraction of sp³-hybridized carbons (Fsp3) is 0.0645. The van der Waals surface area contributed by atoms with Gasteiger partial charge in [0.1, 0.15) is 12.4 Å². The molecule has 0 aromatic heterocycles. The molecule has 0 radical (unpaired) electrons. The summed E-state index contributed by atoms with van der Waals surface area (Å²) < 4.78 is 16.5. The molecular formula is C31H26N2O5. The topological polar surface area (TPSA) is 86.2 Å². The molecule has 0 spiro atoms. The van der Waals surface area contributed by atoms with Crippen LogP contribution in [0.5, 0.6) is 17.2 Å². The molecule has 0 unspecified atom stereocenters. The highest BCUT2D eigenvalue weighted by Crippen LogP contribution is 2.28. The molecule has 190 valence electrons. The van der Waals surface area contributed by atoms with Crippen LogP contribution < -0.4 is 19.6 Å². The molecule has 1 N–H and O–H groups in total. The predicted octanol–water partition coefficient (Wildman–Crippen LogP) is 5.66. The number of nitrogens with one attached hydrogen (secondary N) is 1. The molecule has 0 bridgehead atoms. The molecule has 7 nitrogen and oxygen atoms in total. The Bertz CT molecular complexity index is 1420. The Morgan fingerprint density at radius 3 is 2.24 bits per heavy atom. The highest BCUT2D eigenvalue weighted by Gasteiger charge is 2.09. The molecule has 0 aliphatic heterocycles. The average molecular weight is 507 g/mol. The van der Waals surface area contributed by atoms with E-state index < -0.39 is 5.97 Å². The van der Waals surface area contributed by atoms with Gasteiger partial charge in [0.15, 0.2) is 11.5 Å². The van der Waals surface area contributed by atoms with Crippen LogP contribution >= 0.6 is 0 Å². The lowest BCUT2D eigenvalue weighted by Crippen LogP contribution is -2.17. The van der Waals surface area contributed by atoms with E-state index in [2.05, 4.69) is 10.5 Å². The lowest BCUT2D eigenvalue weighted by Gasteiger charge is -2.08. The second-order valence-corrected chi connectivity index (χ2v) is 8.07. The summed E-state index contributed by atoms with van der Waals surface area (Å²) in [6.45, 7) is 0.447. The zero-order chi connectivity index (χ0) is 26.6. The summed E-state index contributed by atoms with van der Waals surface area (Å²) in [5.74, 6) is 0.395. The fourth-order valence-electron chi connectivity index (χ4n) is 3.39. The maximum atomic E-state index is 12.4. The summed E-state index contributed by atoms with van der Waals surface area (Å²) in [5.41, 5.74) is 5.53. The molecule has 4 aromatic rings. The summed E-state index contributed by atoms with van der Waals surface area (Å²) in [6.07, 6.45) is 4.49. The zero-order valence-electron chi connectivity index (χ0n) is 20.7. The van der Waals surface area contributed by atoms with Crippen molar-refractivity contribution in [2.45, 2.75) is 6.61 Å². The number of nitrogens with zero attached hydrogens (tertiary/aromatic N) is 1. The molecule has 0 aliphatic rings. The van der Waals surface area contributed by atoms with Crippen molar-refractivity contribution in [3.8, 4) is 17.2 Å². The van der Waals surface area contributed by atoms with Crippen molar-refractivity contribution in [2.75, 3.05) is 7.11 Å². The first kappa shape index (κ1) is 25.9. The molecule has 7 heteroatoms. The maximum Gasteiger partial charge on any atom is 0.336 e. The van der Waals surface area contributed by atoms with Crippen LogP contribution in [0.4, 0.5) is 0 Å². The van der Waals surface area contributed by atoms with Crippen molar-refractivity contribution in [2.24, 2.45) is 5.10 Å². The molecule has 38 heavy (non-hydrogen) atoms. The summed E-state index contributed by atoms with van der Waals surface area (Å²) in [7, 11) is 1.47. The summed E-state index contributed by atoms with van der Waals surface area (Å²) in [4.78, 5) is 24.6. The van der Waals surface area contributed by atoms with Crippen LogP contribution in [-0.2, 0) is 11.4 Å². The number of hydrogen-bond acceptors (Lipinski definition) is 6. The van der Waals surface area contributed by atoms with Gasteiger partial charge in [0, 0.05) is 11.6 Å². The van der Waals surface area contributed by atoms with Crippen molar-refractivity contribution in [1.29, 1.82) is 0 Å². The third-order valence-corrected chi connectivity index (χ3v) is 5.35. The van der Waals surface area contributed by atoms with Gasteiger partial charge in [0.2, 0.25) is 0 Å². The second kappa shape index (κ2) is 13.2. The minimum absolute atomic E-state index is 0.269. The standard InChI is InChI=1S/C31H26N2O5/c1-36-29-20-25(12-18-28(29)38-30(34)19-13-23-8-4-2-5-9-23)21-32-33-31(35)26-14-16-27(17-15-26)37-22-24-10-6-3-7-11-24/h2-21H,22H2,1H3,(H,33,35)/b19-13+,32-21-. The number of carbonyl (C=O) groups is 2. The van der Waals surface area contributed by atoms with Crippen LogP contribution in [0.15, 0.2) is 114 Å². The van der Waals surface area contributed by atoms with E-state index in [-0.39, 0.29) is 11.7 Å². The number of methoxy groups -OCH3 is 1. The lowest BCUT2D eigenvalue weighted by molar-refractivity contribution is -0.129. The van der Waals surface area contributed by atoms with Crippen LogP contribution in [0.2, 0.25) is 0 Å². The maximum absolute atomic E-state index is 12.4. The molecule has 0 atom stereocenters. The largest absolute Gasteiger partial charge is 0.493 e. The van der Waals surface area contributed by atoms with Crippen molar-refractivity contribution < 1.29 is 23.8 Å². The molecule has 4 rings (SSSR count). The molecule has 4 aromatic carbocycles. The second-order valence-electron chi connectivity index (χ2n) is 8.07. The highest BCUT2D eigenvalue weighted by molar-refractivity contribution is 5.95. The lowest BCUT2D eigenvalue weighted by atomic mass is 10.2. The van der Waals surface area contributed by atoms with Gasteiger partial charge in [-0.1, -0.05) is 60.7 Å². The van der Waals surface area contributed by atoms with Crippen LogP contribution in [-0.4, -0.2) is 25.2 Å². The molecule has 0 heterocycles. The van der Waals surface area contributed by atoms with Crippen molar-refractivity contribution >= 4 is 24.2 Å². The first-order valence-corrected chi connectivity index (χ1v) is 11.8. The number of benzene rings is 4. The number of rotatable bonds is 10. The van der Waals surface area contributed by atoms with Crippen molar-refractivity contribution in [1.82, 2.24) is 5.43 Å². The summed E-state index contributed by atoms with van der Waals surface area (Å²) >= 11 is 0. The Morgan fingerprint density at radius 2 is 1.53 bits per heavy atom. The molecular weight excluding hydrogens is 480 g/mol. The average Bonchev–Trinajstić information content (AvgIpc) is 2.97. The molecule has 0 saturated heterocycles. The molecule has 0 saturated carbocycles. The van der Waals surface area contributed by atoms with Gasteiger partial charge in [-0.05, 0) is 65.2 Å². The summed E-state index contributed by atoms with van der Waals surface area (Å²) in [6, 6.07) is 31.0. The number of carbonyl (C=O) groups excluding carboxylic acids is 2. The molecule has 0 aliphatic carbocycles. The fourth-order valence-corrected chi connectivity index (χ4v) is 3.39. The molecule has 1 amide bonds. The van der Waals surface area contributed by atoms with Gasteiger partial charge in [-0.15, -0.1) is 0 Å². The third kappa shape index (κ3) is 7.66. The Balaban J connectivity index is 1.29. The quantitative estimate of drug-likeness (QED) is 0.0987. The van der Waals surface area contributed by atoms with E-state index in [1.54, 1.807) is 48.5 Å². The van der Waals surface area contributed by atoms with Gasteiger partial charge in [-0.25, -0.2) is 10.2 Å². The van der Waals surface area contributed by atoms with E-state index in [9.17, 15) is 9.59 Å². The van der Waals surface area contributed by atoms with Gasteiger partial charge in [-0.2, -0.15) is 5.10 Å². The Labute approximate surface area is 221 Å². The first-order valence-electron chi connectivity index (χ1n) is 11.8. The number of ether oxygens (including phenoxy) is 3. The van der Waals surface area contributed by atoms with Gasteiger partial charge in [0.05, 0.1) is 13.3 Å². The van der Waals surface area contributed by atoms with Gasteiger partial charge >= 0.3 is 5.97 Å². The minimum Gasteiger partial charge on any atom is -0.493 e. The number of hydrazone groups is 1. The van der Waals surface area contributed by atoms with Crippen molar-refractivity contribution in [3.63, 3.8) is 0 Å². The first-order chi connectivity index (χ1) is 18.6. The van der Waals surface area contributed by atoms with Crippen LogP contribution in [0, 0.1) is 0 Å². The Morgan fingerprint density at radius 1 is 0.816 bits per heavy atom. The van der Waals surface area contributed by atoms with Crippen LogP contribution in [0.3, 0.4) is 0 Å². The minimum atomic E-state index is -0.530. The van der Waals surface area contributed by atoms with E-state index in [0.29, 0.717) is 29.2 Å². The Hall–Kier alpha value is -5.17. The SMILES string of the molecule is COc1cc(/C=N\NC(=O)c2ccc(OCc3ccccc3)cc2)ccc1OC(=O)/C=C/c1ccccc1. The van der Waals surface area contributed by atoms with E-state index in [4.69, 9.17) is 14.2 Å². The van der Waals surface area contributed by atoms with Gasteiger partial charge in [0.25, 0.3) is 5.91 Å². The monoisotopic (exact) mass is 506 g/mol. The van der Waals surface area contributed by atoms with Gasteiger partial charge < -0.3 is 14.2 Å². The smallest absolute Gasteiger partial charge is 0.336 e. The predicted molar refractivity (Wildman–Crippen MR) is 146 cm³/mol. The summed E-state index contributed by atoms with van der Waals surface area (Å²) in [5, 5.41) is 4.02. The van der Waals surface area contributed by atoms with Crippen molar-refractivity contribution in [3.05, 3.63) is 131 Å². The number of esters is 1. The normalized spacial score (nSPS) is 10.9. The zero-order valence-corrected chi connectivity index (χ0v) is 20.7. The Kier molecular flexibility index (Phi) is 9.02. The third-order valence-electron chi connectivity index (χ3n) is 5.35. The van der Waals surface area contributed by atoms with E-state index >= 15 is 0 Å². The number of amides is 1.